The highest BCUT2D eigenvalue weighted by molar-refractivity contribution is 9.10. The molecule has 3 aromatic rings. The number of imide groups is 1. The van der Waals surface area contributed by atoms with Gasteiger partial charge in [-0.2, -0.15) is 0 Å². The summed E-state index contributed by atoms with van der Waals surface area (Å²) in [6.45, 7) is 0.114. The van der Waals surface area contributed by atoms with Crippen molar-refractivity contribution in [2.45, 2.75) is 6.61 Å². The average molecular weight is 543 g/mol. The molecule has 0 aliphatic carbocycles. The van der Waals surface area contributed by atoms with Crippen molar-refractivity contribution in [1.82, 2.24) is 4.90 Å². The Morgan fingerprint density at radius 2 is 1.64 bits per heavy atom. The Hall–Kier alpha value is -2.87. The fourth-order valence-corrected chi connectivity index (χ4v) is 4.29. The Morgan fingerprint density at radius 3 is 2.30 bits per heavy atom. The highest BCUT2D eigenvalue weighted by Gasteiger charge is 2.36. The van der Waals surface area contributed by atoms with Crippen molar-refractivity contribution in [1.29, 1.82) is 0 Å². The van der Waals surface area contributed by atoms with Crippen LogP contribution in [0.15, 0.2) is 82.2 Å². The molecule has 0 bridgehead atoms. The number of hydrogen-bond donors (Lipinski definition) is 0. The van der Waals surface area contributed by atoms with Gasteiger partial charge in [0.25, 0.3) is 11.1 Å². The van der Waals surface area contributed by atoms with Crippen molar-refractivity contribution in [2.24, 2.45) is 0 Å². The molecule has 1 saturated heterocycles. The lowest BCUT2D eigenvalue weighted by atomic mass is 10.1. The standard InChI is InChI=1S/C25H17BrClNO4S/c26-19-7-5-18(6-8-19)22(29)14-28-24(30)23(33-25(28)31)13-16-3-11-21(12-4-16)32-15-17-1-9-20(27)10-2-17/h1-13H,14-15H2/b23-13+. The lowest BCUT2D eigenvalue weighted by Crippen LogP contribution is -2.33. The monoisotopic (exact) mass is 541 g/mol. The normalized spacial score (nSPS) is 14.7. The molecule has 0 saturated carbocycles. The predicted octanol–water partition coefficient (Wildman–Crippen LogP) is 6.60. The molecule has 4 rings (SSSR count). The second kappa shape index (κ2) is 10.4. The summed E-state index contributed by atoms with van der Waals surface area (Å²) in [5.74, 6) is -0.0953. The number of Topliss-reactive ketones (excluding diaryl/α,β-unsaturated/α-hetero) is 1. The van der Waals surface area contributed by atoms with E-state index in [9.17, 15) is 14.4 Å². The first-order valence-electron chi connectivity index (χ1n) is 9.90. The van der Waals surface area contributed by atoms with E-state index in [4.69, 9.17) is 16.3 Å². The lowest BCUT2D eigenvalue weighted by Gasteiger charge is -2.11. The Labute approximate surface area is 208 Å². The number of hydrogen-bond acceptors (Lipinski definition) is 5. The number of thioether (sulfide) groups is 1. The summed E-state index contributed by atoms with van der Waals surface area (Å²) in [4.78, 5) is 38.8. The van der Waals surface area contributed by atoms with Crippen LogP contribution in [-0.2, 0) is 11.4 Å². The molecule has 8 heteroatoms. The number of ether oxygens (including phenoxy) is 1. The fourth-order valence-electron chi connectivity index (χ4n) is 3.07. The Morgan fingerprint density at radius 1 is 0.970 bits per heavy atom. The van der Waals surface area contributed by atoms with E-state index < -0.39 is 11.1 Å². The van der Waals surface area contributed by atoms with Gasteiger partial charge in [0.1, 0.15) is 12.4 Å². The van der Waals surface area contributed by atoms with Crippen LogP contribution < -0.4 is 4.74 Å². The van der Waals surface area contributed by atoms with Gasteiger partial charge in [-0.05, 0) is 65.4 Å². The molecule has 0 N–H and O–H groups in total. The van der Waals surface area contributed by atoms with E-state index in [1.54, 1.807) is 54.6 Å². The van der Waals surface area contributed by atoms with E-state index in [2.05, 4.69) is 15.9 Å². The second-order valence-corrected chi connectivity index (χ2v) is 9.53. The van der Waals surface area contributed by atoms with Crippen LogP contribution >= 0.6 is 39.3 Å². The number of halogens is 2. The van der Waals surface area contributed by atoms with Gasteiger partial charge < -0.3 is 4.74 Å². The van der Waals surface area contributed by atoms with Crippen molar-refractivity contribution >= 4 is 62.3 Å². The first-order chi connectivity index (χ1) is 15.9. The van der Waals surface area contributed by atoms with E-state index in [0.717, 1.165) is 32.3 Å². The second-order valence-electron chi connectivity index (χ2n) is 7.18. The smallest absolute Gasteiger partial charge is 0.293 e. The van der Waals surface area contributed by atoms with E-state index in [-0.39, 0.29) is 17.2 Å². The van der Waals surface area contributed by atoms with Crippen molar-refractivity contribution in [3.8, 4) is 5.75 Å². The maximum atomic E-state index is 12.7. The largest absolute Gasteiger partial charge is 0.489 e. The third-order valence-corrected chi connectivity index (χ3v) is 6.53. The topological polar surface area (TPSA) is 63.7 Å². The molecule has 5 nitrogen and oxygen atoms in total. The number of carbonyl (C=O) groups is 3. The third kappa shape index (κ3) is 5.93. The molecule has 0 spiro atoms. The van der Waals surface area contributed by atoms with Crippen LogP contribution in [0.3, 0.4) is 0 Å². The third-order valence-electron chi connectivity index (χ3n) is 4.84. The molecule has 2 amide bonds. The van der Waals surface area contributed by atoms with Gasteiger partial charge in [-0.25, -0.2) is 0 Å². The zero-order valence-corrected chi connectivity index (χ0v) is 20.3. The highest BCUT2D eigenvalue weighted by atomic mass is 79.9. The lowest BCUT2D eigenvalue weighted by molar-refractivity contribution is -0.122. The molecule has 1 fully saturated rings. The molecule has 33 heavy (non-hydrogen) atoms. The van der Waals surface area contributed by atoms with Crippen molar-refractivity contribution in [3.05, 3.63) is 104 Å². The van der Waals surface area contributed by atoms with Crippen molar-refractivity contribution in [3.63, 3.8) is 0 Å². The van der Waals surface area contributed by atoms with Gasteiger partial charge in [-0.3, -0.25) is 19.3 Å². The first-order valence-corrected chi connectivity index (χ1v) is 11.9. The molecule has 3 aromatic carbocycles. The molecule has 0 radical (unpaired) electrons. The minimum atomic E-state index is -0.474. The van der Waals surface area contributed by atoms with Crippen LogP contribution in [0.1, 0.15) is 21.5 Å². The number of benzene rings is 3. The summed E-state index contributed by atoms with van der Waals surface area (Å²) in [7, 11) is 0. The zero-order chi connectivity index (χ0) is 23.4. The maximum Gasteiger partial charge on any atom is 0.293 e. The summed E-state index contributed by atoms with van der Waals surface area (Å²) in [5.41, 5.74) is 2.18. The van der Waals surface area contributed by atoms with Crippen molar-refractivity contribution in [2.75, 3.05) is 6.54 Å². The van der Waals surface area contributed by atoms with E-state index in [1.165, 1.54) is 0 Å². The molecule has 0 unspecified atom stereocenters. The van der Waals surface area contributed by atoms with Crippen LogP contribution in [0, 0.1) is 0 Å². The van der Waals surface area contributed by atoms with Crippen LogP contribution in [0.2, 0.25) is 5.02 Å². The zero-order valence-electron chi connectivity index (χ0n) is 17.2. The SMILES string of the molecule is O=C(CN1C(=O)S/C(=C/c2ccc(OCc3ccc(Cl)cc3)cc2)C1=O)c1ccc(Br)cc1. The Bertz CT molecular complexity index is 1220. The van der Waals surface area contributed by atoms with Gasteiger partial charge in [0, 0.05) is 15.1 Å². The minimum absolute atomic E-state index is 0.276. The molecular weight excluding hydrogens is 526 g/mol. The number of amides is 2. The molecule has 0 aromatic heterocycles. The number of carbonyl (C=O) groups excluding carboxylic acids is 3. The van der Waals surface area contributed by atoms with Gasteiger partial charge in [-0.15, -0.1) is 0 Å². The van der Waals surface area contributed by atoms with Crippen molar-refractivity contribution < 1.29 is 19.1 Å². The van der Waals surface area contributed by atoms with Gasteiger partial charge in [0.2, 0.25) is 0 Å². The van der Waals surface area contributed by atoms with Crippen LogP contribution in [0.25, 0.3) is 6.08 Å². The highest BCUT2D eigenvalue weighted by Crippen LogP contribution is 2.32. The first kappa shape index (κ1) is 23.3. The van der Waals surface area contributed by atoms with Gasteiger partial charge >= 0.3 is 0 Å². The Kier molecular flexibility index (Phi) is 7.33. The van der Waals surface area contributed by atoms with Crippen LogP contribution in [0.4, 0.5) is 4.79 Å². The van der Waals surface area contributed by atoms with E-state index in [1.807, 2.05) is 24.3 Å². The molecule has 166 valence electrons. The predicted molar refractivity (Wildman–Crippen MR) is 133 cm³/mol. The van der Waals surface area contributed by atoms with E-state index in [0.29, 0.717) is 22.9 Å². The summed E-state index contributed by atoms with van der Waals surface area (Å²) in [6.07, 6.45) is 1.64. The van der Waals surface area contributed by atoms with Crippen LogP contribution in [-0.4, -0.2) is 28.4 Å². The minimum Gasteiger partial charge on any atom is -0.489 e. The number of ketones is 1. The van der Waals surface area contributed by atoms with Crippen LogP contribution in [0.5, 0.6) is 5.75 Å². The summed E-state index contributed by atoms with van der Waals surface area (Å²) in [5, 5.41) is 0.213. The molecular formula is C25H17BrClNO4S. The average Bonchev–Trinajstić information content (AvgIpc) is 3.07. The summed E-state index contributed by atoms with van der Waals surface area (Å²) in [6, 6.07) is 21.4. The summed E-state index contributed by atoms with van der Waals surface area (Å²) >= 11 is 10.0. The quantitative estimate of drug-likeness (QED) is 0.249. The fraction of sp³-hybridized carbons (Fsp3) is 0.0800. The molecule has 1 aliphatic heterocycles. The molecule has 1 aliphatic rings. The molecule has 1 heterocycles. The Balaban J connectivity index is 1.38. The maximum absolute atomic E-state index is 12.7. The van der Waals surface area contributed by atoms with E-state index >= 15 is 0 Å². The number of rotatable bonds is 7. The van der Waals surface area contributed by atoms with Gasteiger partial charge in [0.05, 0.1) is 11.4 Å². The number of nitrogens with zero attached hydrogens (tertiary/aromatic N) is 1. The summed E-state index contributed by atoms with van der Waals surface area (Å²) < 4.78 is 6.61. The molecule has 0 atom stereocenters. The van der Waals surface area contributed by atoms with Gasteiger partial charge in [-0.1, -0.05) is 63.9 Å². The van der Waals surface area contributed by atoms with Gasteiger partial charge in [0.15, 0.2) is 5.78 Å².